The molecule has 0 amide bonds. The van der Waals surface area contributed by atoms with Crippen LogP contribution >= 0.6 is 0 Å². The van der Waals surface area contributed by atoms with Gasteiger partial charge in [0.15, 0.2) is 0 Å². The Kier molecular flexibility index (Phi) is 3.63. The highest BCUT2D eigenvalue weighted by molar-refractivity contribution is 4.87. The Morgan fingerprint density at radius 3 is 1.92 bits per heavy atom. The Morgan fingerprint density at radius 1 is 1.25 bits per heavy atom. The average molecular weight is 179 g/mol. The third-order valence-electron chi connectivity index (χ3n) is 2.32. The molecule has 0 bridgehead atoms. The van der Waals surface area contributed by atoms with Crippen molar-refractivity contribution in [2.45, 2.75) is 52.5 Å². The molecule has 74 valence electrons. The molecule has 0 spiro atoms. The van der Waals surface area contributed by atoms with E-state index in [1.54, 1.807) is 0 Å². The summed E-state index contributed by atoms with van der Waals surface area (Å²) in [5.41, 5.74) is 4.03. The summed E-state index contributed by atoms with van der Waals surface area (Å²) < 4.78 is 24.7. The number of hydrogen-bond donors (Lipinski definition) is 1. The summed E-state index contributed by atoms with van der Waals surface area (Å²) in [6, 6.07) is 0. The molecule has 1 nitrogen and oxygen atoms in total. The molecule has 0 aromatic rings. The Hall–Kier alpha value is -0.180. The predicted octanol–water partition coefficient (Wildman–Crippen LogP) is 2.80. The summed E-state index contributed by atoms with van der Waals surface area (Å²) in [6.45, 7) is 7.32. The summed E-state index contributed by atoms with van der Waals surface area (Å²) in [7, 11) is 0. The fraction of sp³-hybridized carbons (Fsp3) is 1.00. The SMILES string of the molecule is CCC(C)(C)CC(C)(N)C(F)F. The molecule has 0 aromatic heterocycles. The lowest BCUT2D eigenvalue weighted by atomic mass is 9.78. The van der Waals surface area contributed by atoms with Crippen molar-refractivity contribution in [1.29, 1.82) is 0 Å². The number of hydrogen-bond acceptors (Lipinski definition) is 1. The third kappa shape index (κ3) is 3.48. The van der Waals surface area contributed by atoms with Gasteiger partial charge in [-0.3, -0.25) is 0 Å². The van der Waals surface area contributed by atoms with Crippen LogP contribution < -0.4 is 5.73 Å². The summed E-state index contributed by atoms with van der Waals surface area (Å²) in [6.07, 6.45) is -1.22. The molecule has 0 aromatic carbocycles. The molecule has 0 rings (SSSR count). The number of halogens is 2. The van der Waals surface area contributed by atoms with Crippen molar-refractivity contribution in [2.24, 2.45) is 11.1 Å². The maximum Gasteiger partial charge on any atom is 0.256 e. The standard InChI is InChI=1S/C9H19F2N/c1-5-8(2,3)6-9(4,12)7(10)11/h7H,5-6,12H2,1-4H3. The second-order valence-corrected chi connectivity index (χ2v) is 4.50. The van der Waals surface area contributed by atoms with Gasteiger partial charge in [0.25, 0.3) is 6.43 Å². The summed E-state index contributed by atoms with van der Waals surface area (Å²) >= 11 is 0. The maximum absolute atomic E-state index is 12.4. The first-order chi connectivity index (χ1) is 5.21. The first kappa shape index (κ1) is 11.8. The molecule has 0 fully saturated rings. The molecule has 3 heteroatoms. The topological polar surface area (TPSA) is 26.0 Å². The van der Waals surface area contributed by atoms with Gasteiger partial charge in [0.2, 0.25) is 0 Å². The first-order valence-electron chi connectivity index (χ1n) is 4.28. The Morgan fingerprint density at radius 2 is 1.67 bits per heavy atom. The van der Waals surface area contributed by atoms with Crippen LogP contribution in [0.15, 0.2) is 0 Å². The van der Waals surface area contributed by atoms with Crippen LogP contribution in [0.2, 0.25) is 0 Å². The van der Waals surface area contributed by atoms with Crippen LogP contribution in [-0.2, 0) is 0 Å². The van der Waals surface area contributed by atoms with E-state index in [2.05, 4.69) is 0 Å². The van der Waals surface area contributed by atoms with E-state index >= 15 is 0 Å². The summed E-state index contributed by atoms with van der Waals surface area (Å²) in [4.78, 5) is 0. The van der Waals surface area contributed by atoms with Gasteiger partial charge in [-0.2, -0.15) is 0 Å². The van der Waals surface area contributed by atoms with Crippen molar-refractivity contribution in [3.63, 3.8) is 0 Å². The summed E-state index contributed by atoms with van der Waals surface area (Å²) in [5.74, 6) is 0. The summed E-state index contributed by atoms with van der Waals surface area (Å²) in [5, 5.41) is 0. The van der Waals surface area contributed by atoms with Crippen LogP contribution in [-0.4, -0.2) is 12.0 Å². The van der Waals surface area contributed by atoms with E-state index in [0.717, 1.165) is 6.42 Å². The van der Waals surface area contributed by atoms with Gasteiger partial charge in [0.1, 0.15) is 0 Å². The molecule has 0 saturated heterocycles. The fourth-order valence-corrected chi connectivity index (χ4v) is 1.23. The molecule has 0 aliphatic carbocycles. The average Bonchev–Trinajstić information content (AvgIpc) is 1.85. The van der Waals surface area contributed by atoms with Gasteiger partial charge in [-0.15, -0.1) is 0 Å². The lowest BCUT2D eigenvalue weighted by Gasteiger charge is -2.33. The van der Waals surface area contributed by atoms with Crippen molar-refractivity contribution >= 4 is 0 Å². The molecule has 0 aliphatic heterocycles. The van der Waals surface area contributed by atoms with Crippen LogP contribution in [0.3, 0.4) is 0 Å². The monoisotopic (exact) mass is 179 g/mol. The van der Waals surface area contributed by atoms with Crippen molar-refractivity contribution < 1.29 is 8.78 Å². The second-order valence-electron chi connectivity index (χ2n) is 4.50. The Bertz CT molecular complexity index is 141. The van der Waals surface area contributed by atoms with E-state index in [1.807, 2.05) is 20.8 Å². The van der Waals surface area contributed by atoms with Crippen LogP contribution in [0.25, 0.3) is 0 Å². The van der Waals surface area contributed by atoms with Crippen LogP contribution in [0.4, 0.5) is 8.78 Å². The Labute approximate surface area is 73.3 Å². The highest BCUT2D eigenvalue weighted by atomic mass is 19.3. The van der Waals surface area contributed by atoms with Crippen molar-refractivity contribution in [2.75, 3.05) is 0 Å². The van der Waals surface area contributed by atoms with Gasteiger partial charge in [0, 0.05) is 0 Å². The minimum Gasteiger partial charge on any atom is -0.321 e. The fourth-order valence-electron chi connectivity index (χ4n) is 1.23. The van der Waals surface area contributed by atoms with Gasteiger partial charge in [-0.05, 0) is 18.8 Å². The maximum atomic E-state index is 12.4. The molecule has 2 N–H and O–H groups in total. The second kappa shape index (κ2) is 3.69. The quantitative estimate of drug-likeness (QED) is 0.705. The van der Waals surface area contributed by atoms with Crippen molar-refractivity contribution in [3.8, 4) is 0 Å². The molecule has 1 atom stereocenters. The van der Waals surface area contributed by atoms with E-state index in [-0.39, 0.29) is 5.41 Å². The van der Waals surface area contributed by atoms with Crippen LogP contribution in [0.5, 0.6) is 0 Å². The zero-order valence-corrected chi connectivity index (χ0v) is 8.32. The van der Waals surface area contributed by atoms with Crippen LogP contribution in [0.1, 0.15) is 40.5 Å². The van der Waals surface area contributed by atoms with E-state index in [0.29, 0.717) is 6.42 Å². The molecular weight excluding hydrogens is 160 g/mol. The molecule has 0 radical (unpaired) electrons. The Balaban J connectivity index is 4.23. The molecule has 0 heterocycles. The lowest BCUT2D eigenvalue weighted by molar-refractivity contribution is 0.0359. The molecule has 0 saturated carbocycles. The van der Waals surface area contributed by atoms with E-state index in [4.69, 9.17) is 5.73 Å². The highest BCUT2D eigenvalue weighted by Gasteiger charge is 2.35. The lowest BCUT2D eigenvalue weighted by Crippen LogP contribution is -2.47. The zero-order chi connectivity index (χ0) is 9.99. The van der Waals surface area contributed by atoms with Gasteiger partial charge in [-0.1, -0.05) is 27.2 Å². The first-order valence-corrected chi connectivity index (χ1v) is 4.28. The largest absolute Gasteiger partial charge is 0.321 e. The third-order valence-corrected chi connectivity index (χ3v) is 2.32. The predicted molar refractivity (Wildman–Crippen MR) is 47.3 cm³/mol. The zero-order valence-electron chi connectivity index (χ0n) is 8.32. The number of rotatable bonds is 4. The van der Waals surface area contributed by atoms with E-state index < -0.39 is 12.0 Å². The smallest absolute Gasteiger partial charge is 0.256 e. The van der Waals surface area contributed by atoms with E-state index in [1.165, 1.54) is 6.92 Å². The molecule has 0 aliphatic rings. The van der Waals surface area contributed by atoms with Gasteiger partial charge in [0.05, 0.1) is 5.54 Å². The van der Waals surface area contributed by atoms with E-state index in [9.17, 15) is 8.78 Å². The van der Waals surface area contributed by atoms with Gasteiger partial charge in [-0.25, -0.2) is 8.78 Å². The molecule has 1 unspecified atom stereocenters. The minimum atomic E-state index is -2.44. The minimum absolute atomic E-state index is 0.0973. The van der Waals surface area contributed by atoms with Crippen LogP contribution in [0, 0.1) is 5.41 Å². The molecule has 12 heavy (non-hydrogen) atoms. The normalized spacial score (nSPS) is 18.0. The van der Waals surface area contributed by atoms with Crippen molar-refractivity contribution in [3.05, 3.63) is 0 Å². The highest BCUT2D eigenvalue weighted by Crippen LogP contribution is 2.32. The van der Waals surface area contributed by atoms with Gasteiger partial charge >= 0.3 is 0 Å². The van der Waals surface area contributed by atoms with Crippen molar-refractivity contribution in [1.82, 2.24) is 0 Å². The van der Waals surface area contributed by atoms with Gasteiger partial charge < -0.3 is 5.73 Å². The molecular formula is C9H19F2N. The number of alkyl halides is 2. The number of nitrogens with two attached hydrogens (primary N) is 1.